The minimum Gasteiger partial charge on any atom is -0.466 e. The van der Waals surface area contributed by atoms with E-state index in [0.717, 1.165) is 96.9 Å². The van der Waals surface area contributed by atoms with Gasteiger partial charge in [0, 0.05) is 19.5 Å². The van der Waals surface area contributed by atoms with Gasteiger partial charge in [-0.05, 0) is 77.5 Å². The normalized spacial score (nSPS) is 11.5. The lowest BCUT2D eigenvalue weighted by atomic mass is 10.1. The van der Waals surface area contributed by atoms with Crippen LogP contribution in [0, 0.1) is 0 Å². The molecule has 0 spiro atoms. The van der Waals surface area contributed by atoms with Crippen LogP contribution in [0.5, 0.6) is 0 Å². The lowest BCUT2D eigenvalue weighted by Gasteiger charge is -2.22. The molecule has 53 heavy (non-hydrogen) atoms. The molecule has 0 aromatic rings. The van der Waals surface area contributed by atoms with Gasteiger partial charge in [0.25, 0.3) is 0 Å². The van der Waals surface area contributed by atoms with Crippen LogP contribution >= 0.6 is 0 Å². The summed E-state index contributed by atoms with van der Waals surface area (Å²) in [5, 5.41) is 9.51. The number of aliphatic hydroxyl groups is 1. The van der Waals surface area contributed by atoms with Crippen LogP contribution in [0.15, 0.2) is 0 Å². The second-order valence-electron chi connectivity index (χ2n) is 15.5. The van der Waals surface area contributed by atoms with Gasteiger partial charge in [0.05, 0.1) is 19.8 Å². The fraction of sp³-hybridized carbons (Fsp3) is 0.956. The molecule has 8 heteroatoms. The first kappa shape index (κ1) is 51.6. The first-order valence-electron chi connectivity index (χ1n) is 23.1. The molecule has 0 aliphatic heterocycles. The van der Waals surface area contributed by atoms with E-state index in [4.69, 9.17) is 14.2 Å². The number of ether oxygens (including phenoxy) is 3. The topological polar surface area (TPSA) is 88.5 Å². The summed E-state index contributed by atoms with van der Waals surface area (Å²) < 4.78 is 16.2. The zero-order chi connectivity index (χ0) is 38.7. The Morgan fingerprint density at radius 2 is 0.717 bits per heavy atom. The number of hydrogen-bond donors (Lipinski definition) is 1. The van der Waals surface area contributed by atoms with E-state index in [1.54, 1.807) is 0 Å². The molecule has 0 bridgehead atoms. The molecule has 0 aromatic carbocycles. The smallest absolute Gasteiger partial charge is 0.466 e. The molecule has 0 aliphatic carbocycles. The summed E-state index contributed by atoms with van der Waals surface area (Å²) >= 11 is 0. The van der Waals surface area contributed by atoms with Crippen molar-refractivity contribution in [1.82, 2.24) is 9.80 Å². The number of aliphatic hydroxyl groups excluding tert-OH is 1. The van der Waals surface area contributed by atoms with E-state index >= 15 is 0 Å². The second kappa shape index (κ2) is 43.3. The first-order valence-corrected chi connectivity index (χ1v) is 23.1. The van der Waals surface area contributed by atoms with Crippen molar-refractivity contribution in [2.24, 2.45) is 0 Å². The second-order valence-corrected chi connectivity index (χ2v) is 15.5. The molecule has 0 heterocycles. The van der Waals surface area contributed by atoms with Crippen LogP contribution in [0.2, 0.25) is 0 Å². The molecule has 0 radical (unpaired) electrons. The summed E-state index contributed by atoms with van der Waals surface area (Å²) in [6.07, 6.45) is 35.2. The van der Waals surface area contributed by atoms with E-state index in [0.29, 0.717) is 32.8 Å². The van der Waals surface area contributed by atoms with Gasteiger partial charge in [-0.15, -0.1) is 0 Å². The Bertz CT molecular complexity index is 738. The maximum atomic E-state index is 12.2. The molecule has 0 saturated heterocycles. The van der Waals surface area contributed by atoms with Crippen LogP contribution < -0.4 is 0 Å². The number of esters is 1. The summed E-state index contributed by atoms with van der Waals surface area (Å²) in [6, 6.07) is 0. The van der Waals surface area contributed by atoms with Crippen LogP contribution in [0.25, 0.3) is 0 Å². The number of carbonyl (C=O) groups excluding carboxylic acids is 2. The molecule has 0 fully saturated rings. The molecule has 0 unspecified atom stereocenters. The van der Waals surface area contributed by atoms with E-state index < -0.39 is 6.16 Å². The van der Waals surface area contributed by atoms with Crippen LogP contribution in [0.3, 0.4) is 0 Å². The molecule has 0 atom stereocenters. The average Bonchev–Trinajstić information content (AvgIpc) is 3.15. The van der Waals surface area contributed by atoms with Crippen molar-refractivity contribution in [2.75, 3.05) is 65.7 Å². The highest BCUT2D eigenvalue weighted by Crippen LogP contribution is 2.12. The Kier molecular flexibility index (Phi) is 42.2. The minimum atomic E-state index is -0.532. The molecule has 8 nitrogen and oxygen atoms in total. The molecule has 0 aliphatic rings. The monoisotopic (exact) mass is 755 g/mol. The predicted octanol–water partition coefficient (Wildman–Crippen LogP) is 12.0. The van der Waals surface area contributed by atoms with Gasteiger partial charge in [0.15, 0.2) is 0 Å². The average molecular weight is 755 g/mol. The van der Waals surface area contributed by atoms with Crippen molar-refractivity contribution in [2.45, 2.75) is 213 Å². The number of carbonyl (C=O) groups is 2. The van der Waals surface area contributed by atoms with Crippen molar-refractivity contribution >= 4 is 12.1 Å². The molecular weight excluding hydrogens is 665 g/mol. The molecule has 0 saturated carbocycles. The lowest BCUT2D eigenvalue weighted by molar-refractivity contribution is -0.143. The van der Waals surface area contributed by atoms with Gasteiger partial charge < -0.3 is 24.2 Å². The van der Waals surface area contributed by atoms with E-state index in [1.807, 2.05) is 0 Å². The van der Waals surface area contributed by atoms with E-state index in [2.05, 4.69) is 30.6 Å². The van der Waals surface area contributed by atoms with Crippen LogP contribution in [0.1, 0.15) is 213 Å². The van der Waals surface area contributed by atoms with Crippen LogP contribution in [-0.4, -0.2) is 92.7 Å². The van der Waals surface area contributed by atoms with E-state index in [1.165, 1.54) is 122 Å². The highest BCUT2D eigenvalue weighted by atomic mass is 16.7. The van der Waals surface area contributed by atoms with Gasteiger partial charge in [0.2, 0.25) is 0 Å². The quantitative estimate of drug-likeness (QED) is 0.0486. The highest BCUT2D eigenvalue weighted by molar-refractivity contribution is 5.69. The van der Waals surface area contributed by atoms with E-state index in [9.17, 15) is 14.7 Å². The lowest BCUT2D eigenvalue weighted by Crippen LogP contribution is -2.30. The minimum absolute atomic E-state index is 0.0453. The third kappa shape index (κ3) is 40.1. The number of rotatable bonds is 43. The Labute approximate surface area is 329 Å². The van der Waals surface area contributed by atoms with Crippen molar-refractivity contribution in [3.05, 3.63) is 0 Å². The molecule has 0 aromatic heterocycles. The van der Waals surface area contributed by atoms with Gasteiger partial charge in [-0.25, -0.2) is 4.79 Å². The summed E-state index contributed by atoms with van der Waals surface area (Å²) in [5.74, 6) is -0.0453. The number of hydrogen-bond acceptors (Lipinski definition) is 8. The first-order chi connectivity index (χ1) is 26.1. The Morgan fingerprint density at radius 3 is 1.17 bits per heavy atom. The standard InChI is InChI=1S/C45H90N2O6/c1-4-7-10-13-16-17-18-20-26-33-44(49)51-41-32-25-30-35-46(38-40-48)34-27-23-19-24-31-42-52-45(50)53-43-39-47(36-28-21-14-11-8-5-2)37-29-22-15-12-9-6-3/h48H,4-43H2,1-3H3. The summed E-state index contributed by atoms with van der Waals surface area (Å²) in [4.78, 5) is 29.0. The van der Waals surface area contributed by atoms with Crippen LogP contribution in [-0.2, 0) is 19.0 Å². The Morgan fingerprint density at radius 1 is 0.377 bits per heavy atom. The molecule has 1 N–H and O–H groups in total. The maximum absolute atomic E-state index is 12.2. The van der Waals surface area contributed by atoms with Crippen molar-refractivity contribution in [3.63, 3.8) is 0 Å². The summed E-state index contributed by atoms with van der Waals surface area (Å²) in [7, 11) is 0. The molecule has 0 rings (SSSR count). The summed E-state index contributed by atoms with van der Waals surface area (Å²) in [5.41, 5.74) is 0. The van der Waals surface area contributed by atoms with Gasteiger partial charge >= 0.3 is 12.1 Å². The zero-order valence-electron chi connectivity index (χ0n) is 35.7. The van der Waals surface area contributed by atoms with Crippen molar-refractivity contribution in [3.8, 4) is 0 Å². The third-order valence-electron chi connectivity index (χ3n) is 10.4. The fourth-order valence-corrected chi connectivity index (χ4v) is 6.92. The summed E-state index contributed by atoms with van der Waals surface area (Å²) in [6.45, 7) is 14.0. The third-order valence-corrected chi connectivity index (χ3v) is 10.4. The molecule has 0 amide bonds. The van der Waals surface area contributed by atoms with Crippen molar-refractivity contribution in [1.29, 1.82) is 0 Å². The predicted molar refractivity (Wildman–Crippen MR) is 224 cm³/mol. The fourth-order valence-electron chi connectivity index (χ4n) is 6.92. The molecular formula is C45H90N2O6. The van der Waals surface area contributed by atoms with Gasteiger partial charge in [-0.1, -0.05) is 156 Å². The zero-order valence-corrected chi connectivity index (χ0v) is 35.7. The molecule has 316 valence electrons. The van der Waals surface area contributed by atoms with Gasteiger partial charge in [-0.3, -0.25) is 9.69 Å². The van der Waals surface area contributed by atoms with Gasteiger partial charge in [-0.2, -0.15) is 0 Å². The van der Waals surface area contributed by atoms with Crippen molar-refractivity contribution < 1.29 is 28.9 Å². The van der Waals surface area contributed by atoms with E-state index in [-0.39, 0.29) is 12.6 Å². The van der Waals surface area contributed by atoms with Gasteiger partial charge in [0.1, 0.15) is 6.61 Å². The van der Waals surface area contributed by atoms with Crippen LogP contribution in [0.4, 0.5) is 4.79 Å². The Hall–Kier alpha value is -1.38. The largest absolute Gasteiger partial charge is 0.508 e. The SMILES string of the molecule is CCCCCCCCCCCC(=O)OCCCCCN(CCO)CCCCCCCOC(=O)OCCN(CCCCCCCC)CCCCCCCC. The highest BCUT2D eigenvalue weighted by Gasteiger charge is 2.09. The number of nitrogens with zero attached hydrogens (tertiary/aromatic N) is 2. The Balaban J connectivity index is 3.86. The number of unbranched alkanes of at least 4 members (excludes halogenated alkanes) is 24. The maximum Gasteiger partial charge on any atom is 0.508 e.